The highest BCUT2D eigenvalue weighted by atomic mass is 35.5. The van der Waals surface area contributed by atoms with E-state index < -0.39 is 0 Å². The predicted octanol–water partition coefficient (Wildman–Crippen LogP) is 6.58. The maximum atomic E-state index is 13.0. The van der Waals surface area contributed by atoms with Gasteiger partial charge in [-0.2, -0.15) is 0 Å². The number of anilines is 1. The average Bonchev–Trinajstić information content (AvgIpc) is 2.82. The number of aromatic nitrogens is 1. The molecular weight excluding hydrogens is 460 g/mol. The minimum Gasteiger partial charge on any atom is -0.321 e. The van der Waals surface area contributed by atoms with E-state index in [1.165, 1.54) is 24.4 Å². The summed E-state index contributed by atoms with van der Waals surface area (Å²) in [5.74, 6) is -0.492. The van der Waals surface area contributed by atoms with E-state index in [0.29, 0.717) is 16.3 Å². The van der Waals surface area contributed by atoms with Gasteiger partial charge in [-0.1, -0.05) is 53.6 Å². The molecule has 168 valence electrons. The summed E-state index contributed by atoms with van der Waals surface area (Å²) in [6.45, 7) is 2.45. The van der Waals surface area contributed by atoms with Crippen molar-refractivity contribution in [3.63, 3.8) is 0 Å². The number of nitrogens with zero attached hydrogens (tertiary/aromatic N) is 2. The van der Waals surface area contributed by atoms with Gasteiger partial charge in [-0.25, -0.2) is 9.37 Å². The fraction of sp³-hybridized carbons (Fsp3) is 0.154. The minimum absolute atomic E-state index is 0.234. The molecular formula is C26H22Cl2FN3O. The zero-order valence-corrected chi connectivity index (χ0v) is 19.3. The lowest BCUT2D eigenvalue weighted by molar-refractivity contribution is 0.102. The summed E-state index contributed by atoms with van der Waals surface area (Å²) in [7, 11) is 0. The molecule has 0 unspecified atom stereocenters. The maximum absolute atomic E-state index is 13.0. The molecule has 0 aliphatic carbocycles. The molecule has 3 aromatic rings. The molecule has 0 spiro atoms. The molecule has 0 radical (unpaired) electrons. The third kappa shape index (κ3) is 6.29. The largest absolute Gasteiger partial charge is 0.321 e. The Morgan fingerprint density at radius 1 is 1.12 bits per heavy atom. The number of hydrogen-bond acceptors (Lipinski definition) is 3. The monoisotopic (exact) mass is 481 g/mol. The first kappa shape index (κ1) is 23.2. The standard InChI is InChI=1S/C26H22Cl2FN3O/c27-21-5-8-24(31-26(33)20-9-12-30-25(28)16-20)23(17-21)19-10-14-32(15-11-19)13-1-2-18-3-6-22(29)7-4-18/h1-10,12,16-17H,11,13-15H2,(H,31,33)/b2-1+. The third-order valence-electron chi connectivity index (χ3n) is 5.40. The van der Waals surface area contributed by atoms with Crippen LogP contribution < -0.4 is 5.32 Å². The number of carbonyl (C=O) groups excluding carboxylic acids is 1. The Morgan fingerprint density at radius 2 is 1.94 bits per heavy atom. The van der Waals surface area contributed by atoms with Gasteiger partial charge in [-0.15, -0.1) is 0 Å². The van der Waals surface area contributed by atoms with E-state index in [4.69, 9.17) is 23.2 Å². The molecule has 0 saturated heterocycles. The van der Waals surface area contributed by atoms with Crippen LogP contribution in [0.2, 0.25) is 10.2 Å². The fourth-order valence-electron chi connectivity index (χ4n) is 3.66. The van der Waals surface area contributed by atoms with Crippen LogP contribution in [0.1, 0.15) is 27.9 Å². The van der Waals surface area contributed by atoms with E-state index in [2.05, 4.69) is 27.4 Å². The molecule has 2 heterocycles. The van der Waals surface area contributed by atoms with Crippen LogP contribution in [0.25, 0.3) is 11.6 Å². The van der Waals surface area contributed by atoms with Crippen LogP contribution >= 0.6 is 23.2 Å². The van der Waals surface area contributed by atoms with Gasteiger partial charge in [0, 0.05) is 47.7 Å². The van der Waals surface area contributed by atoms with Crippen LogP contribution in [0.3, 0.4) is 0 Å². The number of amides is 1. The number of carbonyl (C=O) groups is 1. The van der Waals surface area contributed by atoms with E-state index in [-0.39, 0.29) is 16.9 Å². The Balaban J connectivity index is 1.43. The summed E-state index contributed by atoms with van der Waals surface area (Å²) in [5, 5.41) is 3.85. The van der Waals surface area contributed by atoms with Crippen LogP contribution in [0.4, 0.5) is 10.1 Å². The van der Waals surface area contributed by atoms with Gasteiger partial charge in [0.15, 0.2) is 0 Å². The molecule has 1 aromatic heterocycles. The average molecular weight is 482 g/mol. The molecule has 0 bridgehead atoms. The normalized spacial score (nSPS) is 14.3. The predicted molar refractivity (Wildman–Crippen MR) is 133 cm³/mol. The van der Waals surface area contributed by atoms with Crippen molar-refractivity contribution in [2.24, 2.45) is 0 Å². The Morgan fingerprint density at radius 3 is 2.67 bits per heavy atom. The zero-order valence-electron chi connectivity index (χ0n) is 17.8. The van der Waals surface area contributed by atoms with Crippen LogP contribution in [0.5, 0.6) is 0 Å². The van der Waals surface area contributed by atoms with Crippen molar-refractivity contribution >= 4 is 46.4 Å². The number of rotatable bonds is 6. The van der Waals surface area contributed by atoms with Gasteiger partial charge in [0.2, 0.25) is 0 Å². The molecule has 1 aliphatic heterocycles. The Bertz CT molecular complexity index is 1210. The van der Waals surface area contributed by atoms with Crippen LogP contribution in [0, 0.1) is 5.82 Å². The lowest BCUT2D eigenvalue weighted by Gasteiger charge is -2.26. The van der Waals surface area contributed by atoms with Gasteiger partial charge in [0.25, 0.3) is 5.91 Å². The van der Waals surface area contributed by atoms with Gasteiger partial charge in [0.05, 0.1) is 0 Å². The summed E-state index contributed by atoms with van der Waals surface area (Å²) in [4.78, 5) is 18.9. The van der Waals surface area contributed by atoms with Gasteiger partial charge in [0.1, 0.15) is 11.0 Å². The number of pyridine rings is 1. The van der Waals surface area contributed by atoms with Crippen LogP contribution in [0.15, 0.2) is 72.9 Å². The number of benzene rings is 2. The quantitative estimate of drug-likeness (QED) is 0.404. The maximum Gasteiger partial charge on any atom is 0.255 e. The molecule has 1 aliphatic rings. The second-order valence-electron chi connectivity index (χ2n) is 7.70. The van der Waals surface area contributed by atoms with Gasteiger partial charge in [-0.3, -0.25) is 9.69 Å². The van der Waals surface area contributed by atoms with Crippen molar-refractivity contribution in [2.75, 3.05) is 25.0 Å². The van der Waals surface area contributed by atoms with Gasteiger partial charge >= 0.3 is 0 Å². The van der Waals surface area contributed by atoms with Gasteiger partial charge in [-0.05, 0) is 60.0 Å². The van der Waals surface area contributed by atoms with E-state index in [1.54, 1.807) is 24.3 Å². The second kappa shape index (κ2) is 10.8. The van der Waals surface area contributed by atoms with Crippen molar-refractivity contribution in [1.82, 2.24) is 9.88 Å². The zero-order chi connectivity index (χ0) is 23.2. The summed E-state index contributed by atoms with van der Waals surface area (Å²) < 4.78 is 13.0. The minimum atomic E-state index is -0.258. The fourth-order valence-corrected chi connectivity index (χ4v) is 4.01. The first-order valence-electron chi connectivity index (χ1n) is 10.5. The molecule has 0 atom stereocenters. The smallest absolute Gasteiger partial charge is 0.255 e. The van der Waals surface area contributed by atoms with E-state index in [9.17, 15) is 9.18 Å². The molecule has 7 heteroatoms. The number of nitrogens with one attached hydrogen (secondary N) is 1. The molecule has 33 heavy (non-hydrogen) atoms. The second-order valence-corrected chi connectivity index (χ2v) is 8.53. The van der Waals surface area contributed by atoms with E-state index >= 15 is 0 Å². The van der Waals surface area contributed by atoms with Crippen molar-refractivity contribution < 1.29 is 9.18 Å². The summed E-state index contributed by atoms with van der Waals surface area (Å²) in [6.07, 6.45) is 8.57. The van der Waals surface area contributed by atoms with Crippen molar-refractivity contribution in [1.29, 1.82) is 0 Å². The van der Waals surface area contributed by atoms with Crippen molar-refractivity contribution in [3.8, 4) is 0 Å². The van der Waals surface area contributed by atoms with Crippen LogP contribution in [-0.4, -0.2) is 35.4 Å². The van der Waals surface area contributed by atoms with E-state index in [1.807, 2.05) is 18.2 Å². The lowest BCUT2D eigenvalue weighted by Crippen LogP contribution is -2.28. The van der Waals surface area contributed by atoms with Crippen LogP contribution in [-0.2, 0) is 0 Å². The Kier molecular flexibility index (Phi) is 7.55. The Hall–Kier alpha value is -2.99. The molecule has 2 aromatic carbocycles. The highest BCUT2D eigenvalue weighted by molar-refractivity contribution is 6.31. The first-order chi connectivity index (χ1) is 16.0. The number of hydrogen-bond donors (Lipinski definition) is 1. The highest BCUT2D eigenvalue weighted by Gasteiger charge is 2.17. The molecule has 4 nitrogen and oxygen atoms in total. The summed E-state index contributed by atoms with van der Waals surface area (Å²) >= 11 is 12.2. The molecule has 0 fully saturated rings. The molecule has 1 N–H and O–H groups in total. The lowest BCUT2D eigenvalue weighted by atomic mass is 9.97. The molecule has 4 rings (SSSR count). The number of halogens is 3. The van der Waals surface area contributed by atoms with Crippen molar-refractivity contribution in [2.45, 2.75) is 6.42 Å². The highest BCUT2D eigenvalue weighted by Crippen LogP contribution is 2.31. The molecule has 0 saturated carbocycles. The summed E-state index contributed by atoms with van der Waals surface area (Å²) in [5.41, 5.74) is 4.16. The third-order valence-corrected chi connectivity index (χ3v) is 5.84. The Labute approximate surface area is 202 Å². The van der Waals surface area contributed by atoms with Gasteiger partial charge < -0.3 is 5.32 Å². The topological polar surface area (TPSA) is 45.2 Å². The molecule has 1 amide bonds. The SMILES string of the molecule is O=C(Nc1ccc(Cl)cc1C1=CCN(C/C=C/c2ccc(F)cc2)CC1)c1ccnc(Cl)c1. The van der Waals surface area contributed by atoms with E-state index in [0.717, 1.165) is 42.8 Å². The van der Waals surface area contributed by atoms with Crippen molar-refractivity contribution in [3.05, 3.63) is 106 Å². The summed E-state index contributed by atoms with van der Waals surface area (Å²) in [6, 6.07) is 15.0. The first-order valence-corrected chi connectivity index (χ1v) is 11.3.